The average molecular weight is 370 g/mol. The van der Waals surface area contributed by atoms with E-state index >= 15 is 0 Å². The maximum Gasteiger partial charge on any atom is 0.335 e. The second kappa shape index (κ2) is 7.19. The number of aromatic carboxylic acids is 1. The summed E-state index contributed by atoms with van der Waals surface area (Å²) in [6.45, 7) is 8.39. The van der Waals surface area contributed by atoms with Crippen LogP contribution in [0, 0.1) is 0 Å². The van der Waals surface area contributed by atoms with Gasteiger partial charge in [0.15, 0.2) is 5.76 Å². The van der Waals surface area contributed by atoms with Crippen LogP contribution >= 0.6 is 0 Å². The monoisotopic (exact) mass is 370 g/mol. The Kier molecular flexibility index (Phi) is 5.11. The van der Waals surface area contributed by atoms with Crippen LogP contribution in [0.5, 0.6) is 0 Å². The standard InChI is InChI=1S/C21H26N2O4/c1-21(2,3)18-14(10-17(27-18)19(22)24)12-23-9-8-13(11-23)15-6-4-5-7-16(15)20(25)26/h4-7,10,13H,8-9,11-12H2,1-3H3,(H2,22,24)(H,25,26). The molecule has 3 N–H and O–H groups in total. The first-order valence-corrected chi connectivity index (χ1v) is 9.14. The molecule has 27 heavy (non-hydrogen) atoms. The Morgan fingerprint density at radius 3 is 2.63 bits per heavy atom. The van der Waals surface area contributed by atoms with Crippen molar-refractivity contribution in [2.45, 2.75) is 45.1 Å². The van der Waals surface area contributed by atoms with Crippen LogP contribution in [0.1, 0.15) is 70.9 Å². The van der Waals surface area contributed by atoms with Gasteiger partial charge in [-0.05, 0) is 36.6 Å². The molecule has 1 atom stereocenters. The van der Waals surface area contributed by atoms with E-state index in [9.17, 15) is 14.7 Å². The number of amides is 1. The van der Waals surface area contributed by atoms with Gasteiger partial charge in [0.05, 0.1) is 5.56 Å². The third-order valence-corrected chi connectivity index (χ3v) is 5.03. The SMILES string of the molecule is CC(C)(C)c1oc(C(N)=O)cc1CN1CCC(c2ccccc2C(=O)O)C1. The molecule has 0 aliphatic carbocycles. The average Bonchev–Trinajstić information content (AvgIpc) is 3.22. The van der Waals surface area contributed by atoms with Crippen LogP contribution in [0.2, 0.25) is 0 Å². The van der Waals surface area contributed by atoms with E-state index in [-0.39, 0.29) is 17.1 Å². The topological polar surface area (TPSA) is 96.8 Å². The highest BCUT2D eigenvalue weighted by molar-refractivity contribution is 5.90. The van der Waals surface area contributed by atoms with Crippen molar-refractivity contribution in [1.82, 2.24) is 4.90 Å². The molecule has 2 aromatic rings. The summed E-state index contributed by atoms with van der Waals surface area (Å²) in [7, 11) is 0. The number of primary amides is 1. The minimum atomic E-state index is -0.889. The molecule has 6 heteroatoms. The van der Waals surface area contributed by atoms with E-state index in [0.29, 0.717) is 12.1 Å². The lowest BCUT2D eigenvalue weighted by Crippen LogP contribution is -2.22. The van der Waals surface area contributed by atoms with Crippen LogP contribution in [-0.4, -0.2) is 35.0 Å². The molecule has 0 radical (unpaired) electrons. The Hall–Kier alpha value is -2.60. The molecule has 1 aliphatic heterocycles. The molecule has 6 nitrogen and oxygen atoms in total. The molecule has 0 saturated carbocycles. The number of likely N-dealkylation sites (tertiary alicyclic amines) is 1. The molecule has 144 valence electrons. The molecular weight excluding hydrogens is 344 g/mol. The van der Waals surface area contributed by atoms with Gasteiger partial charge in [-0.15, -0.1) is 0 Å². The Morgan fingerprint density at radius 1 is 1.30 bits per heavy atom. The van der Waals surface area contributed by atoms with Crippen LogP contribution in [0.25, 0.3) is 0 Å². The van der Waals surface area contributed by atoms with Crippen molar-refractivity contribution in [3.8, 4) is 0 Å². The maximum atomic E-state index is 11.5. The quantitative estimate of drug-likeness (QED) is 0.841. The third-order valence-electron chi connectivity index (χ3n) is 5.03. The van der Waals surface area contributed by atoms with E-state index in [1.807, 2.05) is 32.9 Å². The number of hydrogen-bond acceptors (Lipinski definition) is 4. The second-order valence-electron chi connectivity index (χ2n) is 8.19. The summed E-state index contributed by atoms with van der Waals surface area (Å²) in [5, 5.41) is 9.44. The molecule has 1 aliphatic rings. The van der Waals surface area contributed by atoms with E-state index in [4.69, 9.17) is 10.2 Å². The fourth-order valence-corrected chi connectivity index (χ4v) is 3.82. The van der Waals surface area contributed by atoms with Gasteiger partial charge in [-0.3, -0.25) is 9.69 Å². The summed E-state index contributed by atoms with van der Waals surface area (Å²) in [5.41, 5.74) is 7.37. The van der Waals surface area contributed by atoms with Gasteiger partial charge in [-0.25, -0.2) is 4.79 Å². The molecule has 0 spiro atoms. The second-order valence-corrected chi connectivity index (χ2v) is 8.19. The summed E-state index contributed by atoms with van der Waals surface area (Å²) in [6.07, 6.45) is 0.898. The molecule has 2 heterocycles. The van der Waals surface area contributed by atoms with Crippen molar-refractivity contribution in [3.05, 3.63) is 58.5 Å². The number of carboxylic acid groups (broad SMARTS) is 1. The number of nitrogens with two attached hydrogens (primary N) is 1. The van der Waals surface area contributed by atoms with Gasteiger partial charge in [-0.1, -0.05) is 39.0 Å². The van der Waals surface area contributed by atoms with Gasteiger partial charge in [0, 0.05) is 24.1 Å². The molecule has 1 amide bonds. The lowest BCUT2D eigenvalue weighted by Gasteiger charge is -2.21. The highest BCUT2D eigenvalue weighted by Crippen LogP contribution is 2.34. The van der Waals surface area contributed by atoms with Gasteiger partial charge in [-0.2, -0.15) is 0 Å². The Labute approximate surface area is 159 Å². The van der Waals surface area contributed by atoms with Crippen molar-refractivity contribution in [2.75, 3.05) is 13.1 Å². The number of furan rings is 1. The van der Waals surface area contributed by atoms with Gasteiger partial charge < -0.3 is 15.3 Å². The predicted molar refractivity (Wildman–Crippen MR) is 102 cm³/mol. The van der Waals surface area contributed by atoms with Gasteiger partial charge in [0.1, 0.15) is 5.76 Å². The van der Waals surface area contributed by atoms with Crippen molar-refractivity contribution >= 4 is 11.9 Å². The van der Waals surface area contributed by atoms with Crippen LogP contribution in [0.3, 0.4) is 0 Å². The van der Waals surface area contributed by atoms with E-state index in [0.717, 1.165) is 36.4 Å². The fourth-order valence-electron chi connectivity index (χ4n) is 3.82. The van der Waals surface area contributed by atoms with Gasteiger partial charge in [0.2, 0.25) is 0 Å². The highest BCUT2D eigenvalue weighted by atomic mass is 16.4. The van der Waals surface area contributed by atoms with Gasteiger partial charge >= 0.3 is 5.97 Å². The molecule has 1 saturated heterocycles. The highest BCUT2D eigenvalue weighted by Gasteiger charge is 2.30. The molecular formula is C21H26N2O4. The number of rotatable bonds is 5. The van der Waals surface area contributed by atoms with Crippen molar-refractivity contribution in [1.29, 1.82) is 0 Å². The van der Waals surface area contributed by atoms with Crippen LogP contribution in [-0.2, 0) is 12.0 Å². The Morgan fingerprint density at radius 2 is 2.00 bits per heavy atom. The minimum absolute atomic E-state index is 0.179. The van der Waals surface area contributed by atoms with Crippen LogP contribution in [0.15, 0.2) is 34.7 Å². The van der Waals surface area contributed by atoms with Crippen molar-refractivity contribution in [2.24, 2.45) is 5.73 Å². The first-order valence-electron chi connectivity index (χ1n) is 9.14. The summed E-state index contributed by atoms with van der Waals surface area (Å²) in [5.74, 6) is -0.327. The molecule has 1 unspecified atom stereocenters. The van der Waals surface area contributed by atoms with Gasteiger partial charge in [0.25, 0.3) is 5.91 Å². The first-order chi connectivity index (χ1) is 12.7. The molecule has 1 aromatic carbocycles. The molecule has 3 rings (SSSR count). The maximum absolute atomic E-state index is 11.5. The summed E-state index contributed by atoms with van der Waals surface area (Å²) in [6, 6.07) is 8.94. The Bertz CT molecular complexity index is 863. The summed E-state index contributed by atoms with van der Waals surface area (Å²) >= 11 is 0. The lowest BCUT2D eigenvalue weighted by atomic mass is 9.90. The van der Waals surface area contributed by atoms with E-state index in [1.165, 1.54) is 0 Å². The predicted octanol–water partition coefficient (Wildman–Crippen LogP) is 3.36. The number of nitrogens with zero attached hydrogens (tertiary/aromatic N) is 1. The van der Waals surface area contributed by atoms with E-state index < -0.39 is 11.9 Å². The van der Waals surface area contributed by atoms with E-state index in [2.05, 4.69) is 4.90 Å². The normalized spacial score (nSPS) is 18.0. The molecule has 1 aromatic heterocycles. The number of carbonyl (C=O) groups is 2. The number of carbonyl (C=O) groups excluding carboxylic acids is 1. The van der Waals surface area contributed by atoms with Crippen molar-refractivity contribution < 1.29 is 19.1 Å². The molecule has 1 fully saturated rings. The minimum Gasteiger partial charge on any atom is -0.478 e. The van der Waals surface area contributed by atoms with Crippen LogP contribution < -0.4 is 5.73 Å². The number of carboxylic acids is 1. The van der Waals surface area contributed by atoms with E-state index in [1.54, 1.807) is 18.2 Å². The Balaban J connectivity index is 1.80. The zero-order valence-electron chi connectivity index (χ0n) is 16.0. The van der Waals surface area contributed by atoms with Crippen molar-refractivity contribution in [3.63, 3.8) is 0 Å². The smallest absolute Gasteiger partial charge is 0.335 e. The third kappa shape index (κ3) is 4.06. The first kappa shape index (κ1) is 19.2. The number of hydrogen-bond donors (Lipinski definition) is 2. The summed E-state index contributed by atoms with van der Waals surface area (Å²) in [4.78, 5) is 25.3. The largest absolute Gasteiger partial charge is 0.478 e. The van der Waals surface area contributed by atoms with Crippen LogP contribution in [0.4, 0.5) is 0 Å². The lowest BCUT2D eigenvalue weighted by molar-refractivity contribution is 0.0695. The molecule has 0 bridgehead atoms. The number of benzene rings is 1. The fraction of sp³-hybridized carbons (Fsp3) is 0.429. The zero-order chi connectivity index (χ0) is 19.8. The zero-order valence-corrected chi connectivity index (χ0v) is 16.0. The summed E-state index contributed by atoms with van der Waals surface area (Å²) < 4.78 is 5.73.